The largest absolute Gasteiger partial charge is 0.397 e. The molecule has 0 heterocycles. The second-order valence-electron chi connectivity index (χ2n) is 5.49. The highest BCUT2D eigenvalue weighted by Crippen LogP contribution is 2.25. The molecular weight excluding hydrogens is 262 g/mol. The monoisotopic (exact) mass is 285 g/mol. The molecule has 0 aliphatic heterocycles. The summed E-state index contributed by atoms with van der Waals surface area (Å²) in [6.45, 7) is 7.74. The normalized spacial score (nSPS) is 12.4. The molecule has 0 unspecified atom stereocenters. The first-order valence-electron chi connectivity index (χ1n) is 6.33. The molecule has 0 spiro atoms. The van der Waals surface area contributed by atoms with Crippen molar-refractivity contribution >= 4 is 21.6 Å². The number of nitrogens with two attached hydrogens (primary N) is 1. The van der Waals surface area contributed by atoms with Crippen molar-refractivity contribution in [3.63, 3.8) is 0 Å². The lowest BCUT2D eigenvalue weighted by Gasteiger charge is -2.29. The van der Waals surface area contributed by atoms with Crippen LogP contribution in [0.2, 0.25) is 0 Å². The van der Waals surface area contributed by atoms with Crippen molar-refractivity contribution in [1.82, 2.24) is 4.72 Å². The van der Waals surface area contributed by atoms with Crippen LogP contribution in [0.15, 0.2) is 24.3 Å². The Labute approximate surface area is 116 Å². The van der Waals surface area contributed by atoms with Crippen LogP contribution in [0.1, 0.15) is 34.1 Å². The van der Waals surface area contributed by atoms with Gasteiger partial charge in [-0.05, 0) is 39.3 Å². The Kier molecular flexibility index (Phi) is 4.81. The molecule has 3 N–H and O–H groups in total. The molecule has 6 heteroatoms. The first-order chi connectivity index (χ1) is 8.67. The Bertz CT molecular complexity index is 521. The Morgan fingerprint density at radius 1 is 1.26 bits per heavy atom. The number of para-hydroxylation sites is 2. The molecule has 0 atom stereocenters. The van der Waals surface area contributed by atoms with Gasteiger partial charge in [-0.3, -0.25) is 4.31 Å². The van der Waals surface area contributed by atoms with Gasteiger partial charge in [0.25, 0.3) is 0 Å². The standard InChI is InChI=1S/C13H23N3O2S/c1-5-10-16(12-9-7-6-8-11(12)14)19(17,18)15-13(2,3)4/h6-9,15H,5,10,14H2,1-4H3. The number of hydrogen-bond acceptors (Lipinski definition) is 3. The molecule has 1 aromatic carbocycles. The van der Waals surface area contributed by atoms with Crippen LogP contribution in [0.3, 0.4) is 0 Å². The van der Waals surface area contributed by atoms with E-state index in [4.69, 9.17) is 5.73 Å². The number of hydrogen-bond donors (Lipinski definition) is 2. The molecule has 0 aliphatic carbocycles. The van der Waals surface area contributed by atoms with Gasteiger partial charge in [0.1, 0.15) is 0 Å². The summed E-state index contributed by atoms with van der Waals surface area (Å²) in [7, 11) is -3.61. The van der Waals surface area contributed by atoms with Crippen molar-refractivity contribution in [3.8, 4) is 0 Å². The maximum absolute atomic E-state index is 12.4. The highest BCUT2D eigenvalue weighted by Gasteiger charge is 2.27. The molecule has 5 nitrogen and oxygen atoms in total. The number of anilines is 2. The average Bonchev–Trinajstić information content (AvgIpc) is 2.23. The number of nitrogens with zero attached hydrogens (tertiary/aromatic N) is 1. The van der Waals surface area contributed by atoms with Crippen LogP contribution in [0.4, 0.5) is 11.4 Å². The van der Waals surface area contributed by atoms with Crippen molar-refractivity contribution < 1.29 is 8.42 Å². The van der Waals surface area contributed by atoms with Crippen LogP contribution in [-0.2, 0) is 10.2 Å². The predicted octanol–water partition coefficient (Wildman–Crippen LogP) is 2.12. The van der Waals surface area contributed by atoms with E-state index in [1.807, 2.05) is 27.7 Å². The van der Waals surface area contributed by atoms with Crippen LogP contribution in [0.5, 0.6) is 0 Å². The van der Waals surface area contributed by atoms with Crippen LogP contribution in [0.25, 0.3) is 0 Å². The van der Waals surface area contributed by atoms with Crippen molar-refractivity contribution in [3.05, 3.63) is 24.3 Å². The first-order valence-corrected chi connectivity index (χ1v) is 7.77. The van der Waals surface area contributed by atoms with E-state index >= 15 is 0 Å². The maximum atomic E-state index is 12.4. The number of nitrogen functional groups attached to an aromatic ring is 1. The topological polar surface area (TPSA) is 75.4 Å². The smallest absolute Gasteiger partial charge is 0.302 e. The minimum absolute atomic E-state index is 0.389. The quantitative estimate of drug-likeness (QED) is 0.814. The Morgan fingerprint density at radius 2 is 1.84 bits per heavy atom. The van der Waals surface area contributed by atoms with E-state index in [2.05, 4.69) is 4.72 Å². The Balaban J connectivity index is 3.18. The zero-order chi connectivity index (χ0) is 14.7. The van der Waals surface area contributed by atoms with Gasteiger partial charge >= 0.3 is 10.2 Å². The van der Waals surface area contributed by atoms with Gasteiger partial charge in [0.2, 0.25) is 0 Å². The van der Waals surface area contributed by atoms with Gasteiger partial charge in [-0.1, -0.05) is 19.1 Å². The van der Waals surface area contributed by atoms with Gasteiger partial charge in [-0.15, -0.1) is 0 Å². The molecule has 0 saturated carbocycles. The molecule has 108 valence electrons. The molecule has 0 aliphatic rings. The summed E-state index contributed by atoms with van der Waals surface area (Å²) < 4.78 is 28.9. The van der Waals surface area contributed by atoms with Gasteiger partial charge in [0.15, 0.2) is 0 Å². The molecular formula is C13H23N3O2S. The fourth-order valence-electron chi connectivity index (χ4n) is 1.73. The fraction of sp³-hybridized carbons (Fsp3) is 0.538. The molecule has 19 heavy (non-hydrogen) atoms. The lowest BCUT2D eigenvalue weighted by atomic mass is 10.1. The predicted molar refractivity (Wildman–Crippen MR) is 80.3 cm³/mol. The van der Waals surface area contributed by atoms with E-state index in [1.54, 1.807) is 24.3 Å². The van der Waals surface area contributed by atoms with E-state index in [-0.39, 0.29) is 0 Å². The Morgan fingerprint density at radius 3 is 2.32 bits per heavy atom. The summed E-state index contributed by atoms with van der Waals surface area (Å²) in [4.78, 5) is 0. The third-order valence-electron chi connectivity index (χ3n) is 2.36. The minimum Gasteiger partial charge on any atom is -0.397 e. The molecule has 1 aromatic rings. The number of rotatable bonds is 5. The van der Waals surface area contributed by atoms with E-state index in [9.17, 15) is 8.42 Å². The molecule has 0 bridgehead atoms. The summed E-state index contributed by atoms with van der Waals surface area (Å²) in [5.41, 5.74) is 6.31. The fourth-order valence-corrected chi connectivity index (χ4v) is 3.46. The number of benzene rings is 1. The summed E-state index contributed by atoms with van der Waals surface area (Å²) >= 11 is 0. The molecule has 0 fully saturated rings. The van der Waals surface area contributed by atoms with Crippen molar-refractivity contribution in [2.75, 3.05) is 16.6 Å². The summed E-state index contributed by atoms with van der Waals surface area (Å²) in [5.74, 6) is 0. The van der Waals surface area contributed by atoms with Gasteiger partial charge in [-0.25, -0.2) is 0 Å². The number of nitrogens with one attached hydrogen (secondary N) is 1. The first kappa shape index (κ1) is 15.8. The van der Waals surface area contributed by atoms with Gasteiger partial charge in [-0.2, -0.15) is 13.1 Å². The summed E-state index contributed by atoms with van der Waals surface area (Å²) in [6.07, 6.45) is 0.708. The van der Waals surface area contributed by atoms with Crippen molar-refractivity contribution in [1.29, 1.82) is 0 Å². The van der Waals surface area contributed by atoms with Crippen LogP contribution < -0.4 is 14.8 Å². The van der Waals surface area contributed by atoms with Gasteiger partial charge in [0, 0.05) is 12.1 Å². The highest BCUT2D eigenvalue weighted by molar-refractivity contribution is 7.90. The van der Waals surface area contributed by atoms with Crippen LogP contribution in [0, 0.1) is 0 Å². The molecule has 0 aromatic heterocycles. The zero-order valence-electron chi connectivity index (χ0n) is 12.0. The van der Waals surface area contributed by atoms with Gasteiger partial charge < -0.3 is 5.73 Å². The second-order valence-corrected chi connectivity index (χ2v) is 7.08. The minimum atomic E-state index is -3.61. The maximum Gasteiger partial charge on any atom is 0.302 e. The van der Waals surface area contributed by atoms with Crippen LogP contribution in [-0.4, -0.2) is 20.5 Å². The average molecular weight is 285 g/mol. The molecule has 1 rings (SSSR count). The van der Waals surface area contributed by atoms with Crippen molar-refractivity contribution in [2.24, 2.45) is 0 Å². The molecule has 0 amide bonds. The molecule has 0 radical (unpaired) electrons. The second kappa shape index (κ2) is 5.79. The zero-order valence-corrected chi connectivity index (χ0v) is 12.8. The SMILES string of the molecule is CCCN(c1ccccc1N)S(=O)(=O)NC(C)(C)C. The summed E-state index contributed by atoms with van der Waals surface area (Å²) in [5, 5.41) is 0. The summed E-state index contributed by atoms with van der Waals surface area (Å²) in [6, 6.07) is 6.98. The lowest BCUT2D eigenvalue weighted by Crippen LogP contribution is -2.49. The van der Waals surface area contributed by atoms with Crippen molar-refractivity contribution in [2.45, 2.75) is 39.7 Å². The van der Waals surface area contributed by atoms with E-state index in [0.29, 0.717) is 24.3 Å². The lowest BCUT2D eigenvalue weighted by molar-refractivity contribution is 0.489. The van der Waals surface area contributed by atoms with Gasteiger partial charge in [0.05, 0.1) is 11.4 Å². The van der Waals surface area contributed by atoms with E-state index < -0.39 is 15.7 Å². The Hall–Kier alpha value is -1.27. The highest BCUT2D eigenvalue weighted by atomic mass is 32.2. The third kappa shape index (κ3) is 4.40. The van der Waals surface area contributed by atoms with Crippen LogP contribution >= 0.6 is 0 Å². The molecule has 0 saturated heterocycles. The van der Waals surface area contributed by atoms with E-state index in [1.165, 1.54) is 4.31 Å². The third-order valence-corrected chi connectivity index (χ3v) is 4.19. The van der Waals surface area contributed by atoms with E-state index in [0.717, 1.165) is 0 Å².